The summed E-state index contributed by atoms with van der Waals surface area (Å²) in [4.78, 5) is 0. The maximum Gasteiger partial charge on any atom is 0.0135 e. The number of aryl methyl sites for hydroxylation is 1. The van der Waals surface area contributed by atoms with E-state index >= 15 is 0 Å². The van der Waals surface area contributed by atoms with Crippen molar-refractivity contribution in [3.05, 3.63) is 41.5 Å². The minimum Gasteiger partial charge on any atom is -0.316 e. The summed E-state index contributed by atoms with van der Waals surface area (Å²) in [5.74, 6) is 0. The summed E-state index contributed by atoms with van der Waals surface area (Å²) < 4.78 is 0. The van der Waals surface area contributed by atoms with Crippen LogP contribution in [0.4, 0.5) is 0 Å². The summed E-state index contributed by atoms with van der Waals surface area (Å²) in [7, 11) is 1.94. The van der Waals surface area contributed by atoms with Crippen molar-refractivity contribution in [2.24, 2.45) is 0 Å². The number of rotatable bonds is 3. The van der Waals surface area contributed by atoms with Crippen LogP contribution in [0.3, 0.4) is 0 Å². The maximum atomic E-state index is 3.06. The minimum absolute atomic E-state index is 0.924. The zero-order chi connectivity index (χ0) is 8.81. The highest BCUT2D eigenvalue weighted by Crippen LogP contribution is 2.04. The molecule has 1 nitrogen and oxygen atoms in total. The topological polar surface area (TPSA) is 12.0 Å². The average Bonchev–Trinajstić information content (AvgIpc) is 2.09. The molecule has 0 aliphatic rings. The molecule has 0 saturated carbocycles. The van der Waals surface area contributed by atoms with E-state index in [1.54, 1.807) is 0 Å². The van der Waals surface area contributed by atoms with Crippen molar-refractivity contribution in [2.75, 3.05) is 13.6 Å². The van der Waals surface area contributed by atoms with Crippen LogP contribution < -0.4 is 5.32 Å². The van der Waals surface area contributed by atoms with Crippen molar-refractivity contribution < 1.29 is 0 Å². The molecule has 0 spiro atoms. The molecular formula is C11H15N. The van der Waals surface area contributed by atoms with Crippen molar-refractivity contribution in [3.63, 3.8) is 0 Å². The Labute approximate surface area is 74.1 Å². The highest BCUT2D eigenvalue weighted by atomic mass is 14.8. The Morgan fingerprint density at radius 1 is 1.25 bits per heavy atom. The van der Waals surface area contributed by atoms with Crippen molar-refractivity contribution in [3.8, 4) is 0 Å². The van der Waals surface area contributed by atoms with Crippen LogP contribution in [0.2, 0.25) is 0 Å². The number of likely N-dealkylation sites (N-methyl/N-ethyl adjacent to an activating group) is 1. The highest BCUT2D eigenvalue weighted by molar-refractivity contribution is 5.49. The summed E-state index contributed by atoms with van der Waals surface area (Å²) in [5, 5.41) is 3.06. The molecule has 1 aromatic carbocycles. The van der Waals surface area contributed by atoms with Gasteiger partial charge in [0.15, 0.2) is 0 Å². The maximum absolute atomic E-state index is 3.06. The molecule has 0 unspecified atom stereocenters. The third kappa shape index (κ3) is 2.89. The molecule has 0 amide bonds. The first-order chi connectivity index (χ1) is 5.83. The van der Waals surface area contributed by atoms with Gasteiger partial charge in [0.25, 0.3) is 0 Å². The molecule has 1 N–H and O–H groups in total. The number of benzene rings is 1. The van der Waals surface area contributed by atoms with Crippen LogP contribution in [0.1, 0.15) is 11.1 Å². The van der Waals surface area contributed by atoms with Crippen LogP contribution in [0.15, 0.2) is 30.3 Å². The fourth-order valence-corrected chi connectivity index (χ4v) is 0.990. The monoisotopic (exact) mass is 161 g/mol. The van der Waals surface area contributed by atoms with E-state index in [4.69, 9.17) is 0 Å². The molecule has 1 heteroatoms. The molecule has 12 heavy (non-hydrogen) atoms. The summed E-state index contributed by atoms with van der Waals surface area (Å²) in [6.45, 7) is 3.02. The molecule has 0 atom stereocenters. The largest absolute Gasteiger partial charge is 0.316 e. The number of hydrogen-bond donors (Lipinski definition) is 1. The Morgan fingerprint density at radius 3 is 2.50 bits per heavy atom. The first-order valence-corrected chi connectivity index (χ1v) is 4.21. The van der Waals surface area contributed by atoms with Crippen LogP contribution >= 0.6 is 0 Å². The van der Waals surface area contributed by atoms with Gasteiger partial charge in [-0.15, -0.1) is 0 Å². The second-order valence-electron chi connectivity index (χ2n) is 2.87. The molecule has 64 valence electrons. The van der Waals surface area contributed by atoms with Crippen molar-refractivity contribution in [1.82, 2.24) is 5.32 Å². The van der Waals surface area contributed by atoms with E-state index in [1.807, 2.05) is 7.05 Å². The van der Waals surface area contributed by atoms with Gasteiger partial charge in [0.1, 0.15) is 0 Å². The van der Waals surface area contributed by atoms with Crippen LogP contribution in [-0.2, 0) is 0 Å². The van der Waals surface area contributed by atoms with Gasteiger partial charge in [-0.3, -0.25) is 0 Å². The summed E-state index contributed by atoms with van der Waals surface area (Å²) in [5.41, 5.74) is 2.57. The first kappa shape index (κ1) is 9.01. The predicted molar refractivity (Wildman–Crippen MR) is 54.1 cm³/mol. The quantitative estimate of drug-likeness (QED) is 0.716. The molecule has 0 fully saturated rings. The lowest BCUT2D eigenvalue weighted by Gasteiger charge is -1.94. The molecular weight excluding hydrogens is 146 g/mol. The molecule has 0 saturated heterocycles. The van der Waals surface area contributed by atoms with Crippen LogP contribution in [-0.4, -0.2) is 13.6 Å². The van der Waals surface area contributed by atoms with Crippen molar-refractivity contribution in [2.45, 2.75) is 6.92 Å². The van der Waals surface area contributed by atoms with E-state index in [-0.39, 0.29) is 0 Å². The first-order valence-electron chi connectivity index (χ1n) is 4.21. The summed E-state index contributed by atoms with van der Waals surface area (Å²) >= 11 is 0. The van der Waals surface area contributed by atoms with Gasteiger partial charge in [-0.1, -0.05) is 42.0 Å². The lowest BCUT2D eigenvalue weighted by molar-refractivity contribution is 0.922. The van der Waals surface area contributed by atoms with Gasteiger partial charge in [0.05, 0.1) is 0 Å². The van der Waals surface area contributed by atoms with E-state index in [0.717, 1.165) is 6.54 Å². The second kappa shape index (κ2) is 4.73. The number of nitrogens with one attached hydrogen (secondary N) is 1. The van der Waals surface area contributed by atoms with Gasteiger partial charge in [-0.25, -0.2) is 0 Å². The van der Waals surface area contributed by atoms with Crippen molar-refractivity contribution in [1.29, 1.82) is 0 Å². The van der Waals surface area contributed by atoms with Gasteiger partial charge >= 0.3 is 0 Å². The van der Waals surface area contributed by atoms with E-state index in [9.17, 15) is 0 Å². The third-order valence-corrected chi connectivity index (χ3v) is 1.71. The van der Waals surface area contributed by atoms with Crippen LogP contribution in [0.5, 0.6) is 0 Å². The Hall–Kier alpha value is -1.08. The Kier molecular flexibility index (Phi) is 3.55. The molecule has 0 aliphatic carbocycles. The lowest BCUT2D eigenvalue weighted by atomic mass is 10.1. The molecule has 0 bridgehead atoms. The number of hydrogen-bond acceptors (Lipinski definition) is 1. The normalized spacial score (nSPS) is 10.8. The van der Waals surface area contributed by atoms with Gasteiger partial charge in [-0.05, 0) is 19.5 Å². The fraction of sp³-hybridized carbons (Fsp3) is 0.273. The summed E-state index contributed by atoms with van der Waals surface area (Å²) in [6, 6.07) is 8.50. The average molecular weight is 161 g/mol. The van der Waals surface area contributed by atoms with Gasteiger partial charge in [-0.2, -0.15) is 0 Å². The second-order valence-corrected chi connectivity index (χ2v) is 2.87. The van der Waals surface area contributed by atoms with E-state index < -0.39 is 0 Å². The zero-order valence-electron chi connectivity index (χ0n) is 7.67. The molecule has 0 radical (unpaired) electrons. The molecule has 0 heterocycles. The Bertz CT molecular complexity index is 246. The molecule has 1 aromatic rings. The third-order valence-electron chi connectivity index (χ3n) is 1.71. The van der Waals surface area contributed by atoms with Gasteiger partial charge < -0.3 is 5.32 Å². The minimum atomic E-state index is 0.924. The Balaban J connectivity index is 2.58. The predicted octanol–water partition coefficient (Wildman–Crippen LogP) is 2.23. The van der Waals surface area contributed by atoms with Gasteiger partial charge in [0, 0.05) is 6.54 Å². The smallest absolute Gasteiger partial charge is 0.0135 e. The van der Waals surface area contributed by atoms with Gasteiger partial charge in [0.2, 0.25) is 0 Å². The standard InChI is InChI=1S/C11H15N/c1-10-5-7-11(8-6-10)4-3-9-12-2/h3-8,12H,9H2,1-2H3. The SMILES string of the molecule is CNCC=Cc1ccc(C)cc1. The van der Waals surface area contributed by atoms with E-state index in [1.165, 1.54) is 11.1 Å². The zero-order valence-corrected chi connectivity index (χ0v) is 7.67. The van der Waals surface area contributed by atoms with Crippen LogP contribution in [0, 0.1) is 6.92 Å². The molecule has 0 aliphatic heterocycles. The van der Waals surface area contributed by atoms with Crippen molar-refractivity contribution >= 4 is 6.08 Å². The fourth-order valence-electron chi connectivity index (χ4n) is 0.990. The van der Waals surface area contributed by atoms with Crippen LogP contribution in [0.25, 0.3) is 6.08 Å². The lowest BCUT2D eigenvalue weighted by Crippen LogP contribution is -2.03. The molecule has 1 rings (SSSR count). The van der Waals surface area contributed by atoms with E-state index in [2.05, 4.69) is 48.7 Å². The summed E-state index contributed by atoms with van der Waals surface area (Å²) in [6.07, 6.45) is 4.24. The highest BCUT2D eigenvalue weighted by Gasteiger charge is 1.84. The molecule has 0 aromatic heterocycles. The Morgan fingerprint density at radius 2 is 1.92 bits per heavy atom. The van der Waals surface area contributed by atoms with E-state index in [0.29, 0.717) is 0 Å².